The van der Waals surface area contributed by atoms with E-state index < -0.39 is 18.2 Å². The second-order valence-corrected chi connectivity index (χ2v) is 4.46. The fourth-order valence-corrected chi connectivity index (χ4v) is 1.47. The van der Waals surface area contributed by atoms with Crippen molar-refractivity contribution in [1.29, 1.82) is 0 Å². The lowest BCUT2D eigenvalue weighted by molar-refractivity contribution is 0.110. The highest BCUT2D eigenvalue weighted by Gasteiger charge is 2.19. The van der Waals surface area contributed by atoms with Gasteiger partial charge < -0.3 is 20.8 Å². The number of carbonyl (C=O) groups is 1. The lowest BCUT2D eigenvalue weighted by atomic mass is 10.1. The summed E-state index contributed by atoms with van der Waals surface area (Å²) < 4.78 is 0. The van der Waals surface area contributed by atoms with Gasteiger partial charge in [0.2, 0.25) is 0 Å². The van der Waals surface area contributed by atoms with Gasteiger partial charge in [-0.1, -0.05) is 27.2 Å². The molecule has 1 unspecified atom stereocenters. The van der Waals surface area contributed by atoms with E-state index in [1.165, 1.54) is 0 Å². The summed E-state index contributed by atoms with van der Waals surface area (Å²) in [6.45, 7) is 7.40. The summed E-state index contributed by atoms with van der Waals surface area (Å²) in [6.07, 6.45) is -0.274. The van der Waals surface area contributed by atoms with Crippen molar-refractivity contribution in [3.8, 4) is 0 Å². The third-order valence-corrected chi connectivity index (χ3v) is 2.27. The Hall–Kier alpha value is -0.810. The maximum atomic E-state index is 10.6. The molecule has 0 bridgehead atoms. The highest BCUT2D eigenvalue weighted by molar-refractivity contribution is 5.64. The molecule has 0 aliphatic heterocycles. The molecule has 0 aromatic heterocycles. The molecule has 5 heteroatoms. The van der Waals surface area contributed by atoms with E-state index in [0.29, 0.717) is 18.9 Å². The molecule has 0 spiro atoms. The average molecular weight is 232 g/mol. The minimum Gasteiger partial charge on any atom is -0.465 e. The van der Waals surface area contributed by atoms with Gasteiger partial charge in [-0.2, -0.15) is 0 Å². The minimum atomic E-state index is -1.09. The van der Waals surface area contributed by atoms with Crippen LogP contribution in [0, 0.1) is 5.92 Å². The van der Waals surface area contributed by atoms with Gasteiger partial charge in [-0.25, -0.2) is 4.79 Å². The Morgan fingerprint density at radius 2 is 1.94 bits per heavy atom. The standard InChI is InChI=1S/C11H24N2O3/c1-4-5-10(14)9(13-11(15)16)7-12-6-8(2)3/h8-10,12-14H,4-7H2,1-3H3,(H,15,16)/t9?,10-/m0/s1. The first-order chi connectivity index (χ1) is 7.47. The number of hydrogen-bond donors (Lipinski definition) is 4. The van der Waals surface area contributed by atoms with Crippen molar-refractivity contribution in [2.45, 2.75) is 45.8 Å². The molecule has 5 nitrogen and oxygen atoms in total. The fourth-order valence-electron chi connectivity index (χ4n) is 1.47. The highest BCUT2D eigenvalue weighted by Crippen LogP contribution is 2.02. The topological polar surface area (TPSA) is 81.6 Å². The van der Waals surface area contributed by atoms with Gasteiger partial charge in [0.1, 0.15) is 0 Å². The van der Waals surface area contributed by atoms with Crippen molar-refractivity contribution in [2.75, 3.05) is 13.1 Å². The molecule has 0 aromatic carbocycles. The van der Waals surface area contributed by atoms with E-state index in [1.807, 2.05) is 6.92 Å². The molecule has 0 aromatic rings. The molecule has 0 rings (SSSR count). The van der Waals surface area contributed by atoms with E-state index in [1.54, 1.807) is 0 Å². The molecule has 96 valence electrons. The molecule has 0 aliphatic rings. The van der Waals surface area contributed by atoms with Crippen LogP contribution in [0.25, 0.3) is 0 Å². The first-order valence-corrected chi connectivity index (χ1v) is 5.85. The lowest BCUT2D eigenvalue weighted by Gasteiger charge is -2.23. The molecule has 16 heavy (non-hydrogen) atoms. The minimum absolute atomic E-state index is 0.434. The van der Waals surface area contributed by atoms with E-state index in [0.717, 1.165) is 13.0 Å². The third kappa shape index (κ3) is 7.48. The molecule has 2 atom stereocenters. The summed E-state index contributed by atoms with van der Waals surface area (Å²) in [6, 6.07) is -0.434. The third-order valence-electron chi connectivity index (χ3n) is 2.27. The van der Waals surface area contributed by atoms with Crippen molar-refractivity contribution in [3.05, 3.63) is 0 Å². The van der Waals surface area contributed by atoms with Crippen LogP contribution in [0.3, 0.4) is 0 Å². The summed E-state index contributed by atoms with van der Waals surface area (Å²) in [5, 5.41) is 23.9. The zero-order valence-corrected chi connectivity index (χ0v) is 10.4. The Labute approximate surface area is 97.2 Å². The van der Waals surface area contributed by atoms with E-state index in [-0.39, 0.29) is 0 Å². The fraction of sp³-hybridized carbons (Fsp3) is 0.909. The van der Waals surface area contributed by atoms with Crippen LogP contribution in [0.4, 0.5) is 4.79 Å². The monoisotopic (exact) mass is 232 g/mol. The van der Waals surface area contributed by atoms with E-state index in [4.69, 9.17) is 5.11 Å². The van der Waals surface area contributed by atoms with Gasteiger partial charge in [-0.3, -0.25) is 0 Å². The smallest absolute Gasteiger partial charge is 0.405 e. The van der Waals surface area contributed by atoms with Gasteiger partial charge in [0, 0.05) is 6.54 Å². The van der Waals surface area contributed by atoms with Crippen LogP contribution in [0.5, 0.6) is 0 Å². The normalized spacial score (nSPS) is 14.8. The van der Waals surface area contributed by atoms with Gasteiger partial charge >= 0.3 is 6.09 Å². The molecule has 0 fully saturated rings. The predicted molar refractivity (Wildman–Crippen MR) is 63.6 cm³/mol. The maximum Gasteiger partial charge on any atom is 0.405 e. The molecule has 1 amide bonds. The summed E-state index contributed by atoms with van der Waals surface area (Å²) in [7, 11) is 0. The second-order valence-electron chi connectivity index (χ2n) is 4.46. The van der Waals surface area contributed by atoms with Crippen LogP contribution in [0.1, 0.15) is 33.6 Å². The number of rotatable bonds is 8. The number of nitrogens with one attached hydrogen (secondary N) is 2. The summed E-state index contributed by atoms with van der Waals surface area (Å²) >= 11 is 0. The number of hydrogen-bond acceptors (Lipinski definition) is 3. The largest absolute Gasteiger partial charge is 0.465 e. The van der Waals surface area contributed by atoms with Crippen molar-refractivity contribution >= 4 is 6.09 Å². The Morgan fingerprint density at radius 3 is 2.38 bits per heavy atom. The molecular formula is C11H24N2O3. The molecule has 0 radical (unpaired) electrons. The number of aliphatic hydroxyl groups is 1. The van der Waals surface area contributed by atoms with Gasteiger partial charge in [0.15, 0.2) is 0 Å². The Bertz CT molecular complexity index is 198. The summed E-state index contributed by atoms with van der Waals surface area (Å²) in [4.78, 5) is 10.6. The Morgan fingerprint density at radius 1 is 1.31 bits per heavy atom. The van der Waals surface area contributed by atoms with Gasteiger partial charge in [0.05, 0.1) is 12.1 Å². The van der Waals surface area contributed by atoms with Crippen LogP contribution in [-0.4, -0.2) is 41.5 Å². The van der Waals surface area contributed by atoms with Crippen LogP contribution >= 0.6 is 0 Å². The molecular weight excluding hydrogens is 208 g/mol. The molecule has 0 saturated carbocycles. The lowest BCUT2D eigenvalue weighted by Crippen LogP contribution is -2.49. The molecule has 0 heterocycles. The first kappa shape index (κ1) is 15.2. The zero-order chi connectivity index (χ0) is 12.6. The predicted octanol–water partition coefficient (Wildman–Crippen LogP) is 1.03. The molecule has 0 saturated heterocycles. The van der Waals surface area contributed by atoms with Crippen LogP contribution in [-0.2, 0) is 0 Å². The maximum absolute atomic E-state index is 10.6. The number of carboxylic acid groups (broad SMARTS) is 1. The zero-order valence-electron chi connectivity index (χ0n) is 10.4. The van der Waals surface area contributed by atoms with E-state index >= 15 is 0 Å². The van der Waals surface area contributed by atoms with Crippen molar-refractivity contribution in [2.24, 2.45) is 5.92 Å². The second kappa shape index (κ2) is 8.35. The highest BCUT2D eigenvalue weighted by atomic mass is 16.4. The van der Waals surface area contributed by atoms with E-state index in [9.17, 15) is 9.90 Å². The van der Waals surface area contributed by atoms with Crippen LogP contribution in [0.15, 0.2) is 0 Å². The first-order valence-electron chi connectivity index (χ1n) is 5.85. The Balaban J connectivity index is 4.04. The van der Waals surface area contributed by atoms with Gasteiger partial charge in [-0.05, 0) is 18.9 Å². The quantitative estimate of drug-likeness (QED) is 0.504. The van der Waals surface area contributed by atoms with Gasteiger partial charge in [0.25, 0.3) is 0 Å². The molecule has 0 aliphatic carbocycles. The number of amides is 1. The Kier molecular flexibility index (Phi) is 7.93. The van der Waals surface area contributed by atoms with E-state index in [2.05, 4.69) is 24.5 Å². The SMILES string of the molecule is CCC[C@H](O)C(CNCC(C)C)NC(=O)O. The summed E-state index contributed by atoms with van der Waals surface area (Å²) in [5.74, 6) is 0.508. The number of aliphatic hydroxyl groups excluding tert-OH is 1. The summed E-state index contributed by atoms with van der Waals surface area (Å²) in [5.41, 5.74) is 0. The van der Waals surface area contributed by atoms with Crippen molar-refractivity contribution < 1.29 is 15.0 Å². The van der Waals surface area contributed by atoms with Crippen molar-refractivity contribution in [1.82, 2.24) is 10.6 Å². The van der Waals surface area contributed by atoms with Crippen LogP contribution < -0.4 is 10.6 Å². The van der Waals surface area contributed by atoms with Crippen molar-refractivity contribution in [3.63, 3.8) is 0 Å². The molecule has 4 N–H and O–H groups in total. The average Bonchev–Trinajstić information content (AvgIpc) is 2.15. The van der Waals surface area contributed by atoms with Crippen LogP contribution in [0.2, 0.25) is 0 Å². The van der Waals surface area contributed by atoms with Gasteiger partial charge in [-0.15, -0.1) is 0 Å².